The van der Waals surface area contributed by atoms with Crippen LogP contribution in [0.25, 0.3) is 11.1 Å². The summed E-state index contributed by atoms with van der Waals surface area (Å²) in [6, 6.07) is 18.5. The summed E-state index contributed by atoms with van der Waals surface area (Å²) in [7, 11) is 5.56. The maximum Gasteiger partial charge on any atom is 0.329 e. The summed E-state index contributed by atoms with van der Waals surface area (Å²) in [6.45, 7) is 17.9. The molecule has 3 aromatic carbocycles. The second-order valence-corrected chi connectivity index (χ2v) is 23.5. The predicted octanol–water partition coefficient (Wildman–Crippen LogP) is 8.23. The fourth-order valence-electron chi connectivity index (χ4n) is 9.73. The van der Waals surface area contributed by atoms with Crippen molar-refractivity contribution in [1.29, 1.82) is 0 Å². The zero-order chi connectivity index (χ0) is 60.0. The Morgan fingerprint density at radius 3 is 1.17 bits per heavy atom. The van der Waals surface area contributed by atoms with Gasteiger partial charge in [0.15, 0.2) is 24.4 Å². The Bertz CT molecular complexity index is 2770. The number of aromatic nitrogens is 2. The van der Waals surface area contributed by atoms with Crippen molar-refractivity contribution >= 4 is 59.1 Å². The van der Waals surface area contributed by atoms with Crippen molar-refractivity contribution in [2.75, 3.05) is 28.2 Å². The van der Waals surface area contributed by atoms with Crippen LogP contribution in [0.15, 0.2) is 91.3 Å². The highest BCUT2D eigenvalue weighted by Gasteiger charge is 2.43. The standard InChI is InChI=1S/C62H83ClN6O12/c1-37(2)28-49-59(74)78-42(10)56(71)66(12)52(31-40(7)8)62(77)81-54(33-44-20-22-45(23-21-44)35-69-36-47(34-64-69)46-24-26-48(63)27-25-46)58(73)68(14)50(29-38(3)4)60(75)79-41(9)55(70)65(11)51(30-39(5)6)61(76)80-53(57(72)67(49)13)32-43-18-16-15-17-19-43/h15-27,34,36-42,49-54H,28-33,35H2,1-14H3/t41-,42-,49+,50+,51+,52+,53-,54-/m1/s1. The molecule has 0 radical (unpaired) electrons. The highest BCUT2D eigenvalue weighted by molar-refractivity contribution is 6.30. The van der Waals surface area contributed by atoms with Gasteiger partial charge in [0.25, 0.3) is 23.6 Å². The first kappa shape index (κ1) is 64.7. The number of rotatable bonds is 15. The van der Waals surface area contributed by atoms with Gasteiger partial charge in [-0.1, -0.05) is 134 Å². The van der Waals surface area contributed by atoms with E-state index >= 15 is 4.79 Å². The average molecular weight is 1140 g/mol. The van der Waals surface area contributed by atoms with Crippen molar-refractivity contribution in [2.24, 2.45) is 23.7 Å². The van der Waals surface area contributed by atoms with Crippen molar-refractivity contribution in [1.82, 2.24) is 29.4 Å². The molecule has 0 unspecified atom stereocenters. The van der Waals surface area contributed by atoms with Gasteiger partial charge >= 0.3 is 23.9 Å². The Kier molecular flexibility index (Phi) is 23.6. The van der Waals surface area contributed by atoms with E-state index in [-0.39, 0.29) is 62.2 Å². The lowest BCUT2D eigenvalue weighted by molar-refractivity contribution is -0.176. The van der Waals surface area contributed by atoms with Crippen LogP contribution >= 0.6 is 11.6 Å². The van der Waals surface area contributed by atoms with Gasteiger partial charge < -0.3 is 38.5 Å². The summed E-state index contributed by atoms with van der Waals surface area (Å²) in [5, 5.41) is 5.16. The van der Waals surface area contributed by atoms with E-state index in [0.29, 0.717) is 22.7 Å². The van der Waals surface area contributed by atoms with Gasteiger partial charge in [-0.25, -0.2) is 19.2 Å². The molecule has 4 amide bonds. The highest BCUT2D eigenvalue weighted by atomic mass is 35.5. The van der Waals surface area contributed by atoms with Gasteiger partial charge in [-0.15, -0.1) is 0 Å². The summed E-state index contributed by atoms with van der Waals surface area (Å²) in [6.07, 6.45) is -2.21. The van der Waals surface area contributed by atoms with Crippen molar-refractivity contribution in [2.45, 2.75) is 163 Å². The Labute approximate surface area is 482 Å². The summed E-state index contributed by atoms with van der Waals surface area (Å²) in [5.41, 5.74) is 3.99. The van der Waals surface area contributed by atoms with Crippen LogP contribution in [0, 0.1) is 23.7 Å². The first-order chi connectivity index (χ1) is 38.1. The normalized spacial score (nSPS) is 23.0. The largest absolute Gasteiger partial charge is 0.451 e. The van der Waals surface area contributed by atoms with Gasteiger partial charge in [0.05, 0.1) is 12.7 Å². The predicted molar refractivity (Wildman–Crippen MR) is 307 cm³/mol. The van der Waals surface area contributed by atoms with E-state index in [1.807, 2.05) is 98.0 Å². The van der Waals surface area contributed by atoms with Crippen LogP contribution in [0.3, 0.4) is 0 Å². The number of amides is 4. The van der Waals surface area contributed by atoms with Gasteiger partial charge in [0.2, 0.25) is 0 Å². The zero-order valence-corrected chi connectivity index (χ0v) is 50.3. The molecule has 1 aliphatic heterocycles. The van der Waals surface area contributed by atoms with Crippen LogP contribution < -0.4 is 0 Å². The Balaban J connectivity index is 1.57. The number of carbonyl (C=O) groups excluding carboxylic acids is 8. The number of likely N-dealkylation sites (N-methyl/N-ethyl adjacent to an activating group) is 4. The van der Waals surface area contributed by atoms with Crippen LogP contribution in [0.4, 0.5) is 0 Å². The van der Waals surface area contributed by atoms with Crippen LogP contribution in [-0.2, 0) is 76.7 Å². The Hall–Kier alpha value is -7.08. The van der Waals surface area contributed by atoms with Gasteiger partial charge in [0.1, 0.15) is 24.2 Å². The highest BCUT2D eigenvalue weighted by Crippen LogP contribution is 2.26. The number of hydrogen-bond donors (Lipinski definition) is 0. The smallest absolute Gasteiger partial charge is 0.329 e. The minimum Gasteiger partial charge on any atom is -0.451 e. The molecule has 0 N–H and O–H groups in total. The van der Waals surface area contributed by atoms with Gasteiger partial charge in [-0.3, -0.25) is 23.9 Å². The molecule has 0 aliphatic carbocycles. The summed E-state index contributed by atoms with van der Waals surface area (Å²) in [5.74, 6) is -7.39. The SMILES string of the molecule is CC(C)C[C@H]1C(=O)O[C@H](Cc2ccc(Cn3cc(-c4ccc(Cl)cc4)cn3)cc2)C(=O)N(C)[C@@H](CC(C)C)C(=O)O[C@H](C)C(=O)N(C)[C@@H](CC(C)C)C(=O)O[C@H](Cc2ccccc2)C(=O)N(C)[C@@H](CC(C)C)C(=O)O[C@H](C)C(=O)N1C. The fourth-order valence-corrected chi connectivity index (χ4v) is 9.86. The van der Waals surface area contributed by atoms with Crippen LogP contribution in [0.5, 0.6) is 0 Å². The molecule has 1 aliphatic rings. The number of ether oxygens (including phenoxy) is 4. The second-order valence-electron chi connectivity index (χ2n) is 23.0. The number of carbonyl (C=O) groups is 8. The lowest BCUT2D eigenvalue weighted by Gasteiger charge is -2.35. The summed E-state index contributed by atoms with van der Waals surface area (Å²) >= 11 is 6.11. The molecule has 1 aromatic heterocycles. The van der Waals surface area contributed by atoms with Crippen molar-refractivity contribution < 1.29 is 57.3 Å². The maximum atomic E-state index is 15.1. The number of halogens is 1. The van der Waals surface area contributed by atoms with Gasteiger partial charge in [-0.05, 0) is 97.6 Å². The third-order valence-corrected chi connectivity index (χ3v) is 14.6. The van der Waals surface area contributed by atoms with Crippen LogP contribution in [0.2, 0.25) is 5.02 Å². The molecule has 19 heteroatoms. The Morgan fingerprint density at radius 2 is 0.790 bits per heavy atom. The molecule has 18 nitrogen and oxygen atoms in total. The molecule has 0 spiro atoms. The molecule has 0 saturated carbocycles. The quantitative estimate of drug-likeness (QED) is 0.0814. The van der Waals surface area contributed by atoms with E-state index in [9.17, 15) is 33.6 Å². The topological polar surface area (TPSA) is 204 Å². The van der Waals surface area contributed by atoms with Crippen LogP contribution in [-0.4, -0.2) is 154 Å². The molecular formula is C62H83ClN6O12. The van der Waals surface area contributed by atoms with Crippen molar-refractivity contribution in [3.63, 3.8) is 0 Å². The molecule has 2 heterocycles. The van der Waals surface area contributed by atoms with Gasteiger partial charge in [0, 0.05) is 57.8 Å². The molecule has 4 aromatic rings. The van der Waals surface area contributed by atoms with Gasteiger partial charge in [-0.2, -0.15) is 5.10 Å². The molecule has 81 heavy (non-hydrogen) atoms. The monoisotopic (exact) mass is 1140 g/mol. The number of nitrogens with zero attached hydrogens (tertiary/aromatic N) is 6. The fraction of sp³-hybridized carbons (Fsp3) is 0.532. The number of esters is 4. The van der Waals surface area contributed by atoms with Crippen LogP contribution in [0.1, 0.15) is 112 Å². The first-order valence-corrected chi connectivity index (χ1v) is 28.3. The van der Waals surface area contributed by atoms with E-state index < -0.39 is 96.1 Å². The third-order valence-electron chi connectivity index (χ3n) is 14.3. The molecule has 1 saturated heterocycles. The summed E-state index contributed by atoms with van der Waals surface area (Å²) in [4.78, 5) is 121. The molecule has 440 valence electrons. The average Bonchev–Trinajstić information content (AvgIpc) is 3.92. The lowest BCUT2D eigenvalue weighted by Crippen LogP contribution is -2.55. The molecular weight excluding hydrogens is 1060 g/mol. The zero-order valence-electron chi connectivity index (χ0n) is 49.5. The molecule has 5 rings (SSSR count). The third kappa shape index (κ3) is 18.2. The Morgan fingerprint density at radius 1 is 0.444 bits per heavy atom. The second kappa shape index (κ2) is 29.6. The first-order valence-electron chi connectivity index (χ1n) is 27.9. The van der Waals surface area contributed by atoms with E-state index in [1.165, 1.54) is 42.0 Å². The minimum atomic E-state index is -1.55. The van der Waals surface area contributed by atoms with E-state index in [1.54, 1.807) is 53.3 Å². The van der Waals surface area contributed by atoms with E-state index in [4.69, 9.17) is 30.5 Å². The molecule has 1 fully saturated rings. The molecule has 8 atom stereocenters. The molecule has 0 bridgehead atoms. The van der Waals surface area contributed by atoms with Crippen molar-refractivity contribution in [3.8, 4) is 11.1 Å². The van der Waals surface area contributed by atoms with Crippen molar-refractivity contribution in [3.05, 3.63) is 113 Å². The van der Waals surface area contributed by atoms with E-state index in [2.05, 4.69) is 5.10 Å². The number of cyclic esters (lactones) is 4. The number of benzene rings is 3. The minimum absolute atomic E-state index is 0.0791. The lowest BCUT2D eigenvalue weighted by atomic mass is 9.99. The number of hydrogen-bond acceptors (Lipinski definition) is 13. The van der Waals surface area contributed by atoms with E-state index in [0.717, 1.165) is 36.3 Å². The maximum absolute atomic E-state index is 15.1. The summed E-state index contributed by atoms with van der Waals surface area (Å²) < 4.78 is 25.9.